The second-order valence-corrected chi connectivity index (χ2v) is 9.21. The van der Waals surface area contributed by atoms with Gasteiger partial charge in [0.25, 0.3) is 10.2 Å². The highest BCUT2D eigenvalue weighted by atomic mass is 32.2. The van der Waals surface area contributed by atoms with Crippen molar-refractivity contribution in [2.45, 2.75) is 26.4 Å². The molecule has 0 saturated heterocycles. The molecule has 0 aliphatic carbocycles. The molecular formula is C19H23N5O3S. The van der Waals surface area contributed by atoms with E-state index in [1.807, 2.05) is 29.8 Å². The zero-order chi connectivity index (χ0) is 19.9. The van der Waals surface area contributed by atoms with Crippen LogP contribution in [-0.4, -0.2) is 52.4 Å². The topological polar surface area (TPSA) is 84.5 Å². The molecule has 0 fully saturated rings. The summed E-state index contributed by atoms with van der Waals surface area (Å²) in [5.41, 5.74) is 3.62. The summed E-state index contributed by atoms with van der Waals surface area (Å²) in [5, 5.41) is 4.76. The minimum Gasteiger partial charge on any atom is -0.440 e. The molecule has 0 radical (unpaired) electrons. The van der Waals surface area contributed by atoms with Crippen molar-refractivity contribution in [2.75, 3.05) is 20.6 Å². The molecule has 0 amide bonds. The van der Waals surface area contributed by atoms with E-state index in [1.165, 1.54) is 8.61 Å². The molecule has 3 heterocycles. The van der Waals surface area contributed by atoms with Gasteiger partial charge in [-0.2, -0.15) is 22.1 Å². The molecule has 9 heteroatoms. The van der Waals surface area contributed by atoms with Gasteiger partial charge in [0, 0.05) is 44.9 Å². The van der Waals surface area contributed by atoms with E-state index >= 15 is 0 Å². The molecule has 0 N–H and O–H groups in total. The molecule has 1 aliphatic rings. The lowest BCUT2D eigenvalue weighted by Crippen LogP contribution is -2.43. The van der Waals surface area contributed by atoms with Crippen molar-refractivity contribution in [3.63, 3.8) is 0 Å². The van der Waals surface area contributed by atoms with Crippen LogP contribution in [0.2, 0.25) is 0 Å². The third-order valence-electron chi connectivity index (χ3n) is 4.89. The van der Waals surface area contributed by atoms with Crippen LogP contribution in [0.4, 0.5) is 0 Å². The van der Waals surface area contributed by atoms with Gasteiger partial charge < -0.3 is 4.42 Å². The van der Waals surface area contributed by atoms with Gasteiger partial charge in [-0.25, -0.2) is 4.98 Å². The Labute approximate surface area is 164 Å². The second-order valence-electron chi connectivity index (χ2n) is 7.07. The maximum absolute atomic E-state index is 12.6. The van der Waals surface area contributed by atoms with Crippen molar-refractivity contribution in [1.29, 1.82) is 0 Å². The largest absolute Gasteiger partial charge is 0.440 e. The molecule has 4 rings (SSSR count). The zero-order valence-corrected chi connectivity index (χ0v) is 17.0. The van der Waals surface area contributed by atoms with Crippen LogP contribution in [0.25, 0.3) is 11.6 Å². The summed E-state index contributed by atoms with van der Waals surface area (Å²) in [6.07, 6.45) is 2.23. The fraction of sp³-hybridized carbons (Fsp3) is 0.368. The van der Waals surface area contributed by atoms with Crippen LogP contribution >= 0.6 is 0 Å². The predicted octanol–water partition coefficient (Wildman–Crippen LogP) is 2.06. The van der Waals surface area contributed by atoms with Crippen LogP contribution in [0.3, 0.4) is 0 Å². The van der Waals surface area contributed by atoms with Gasteiger partial charge >= 0.3 is 0 Å². The highest BCUT2D eigenvalue weighted by Gasteiger charge is 2.33. The van der Waals surface area contributed by atoms with Crippen molar-refractivity contribution in [1.82, 2.24) is 23.4 Å². The molecule has 8 nitrogen and oxygen atoms in total. The first-order valence-corrected chi connectivity index (χ1v) is 10.5. The number of hydrogen-bond acceptors (Lipinski definition) is 5. The minimum absolute atomic E-state index is 0.251. The van der Waals surface area contributed by atoms with Crippen LogP contribution < -0.4 is 0 Å². The number of aryl methyl sites for hydroxylation is 1. The molecule has 3 aromatic rings. The van der Waals surface area contributed by atoms with Gasteiger partial charge in [-0.05, 0) is 12.5 Å². The Morgan fingerprint density at radius 3 is 2.61 bits per heavy atom. The lowest BCUT2D eigenvalue weighted by Gasteiger charge is -2.29. The van der Waals surface area contributed by atoms with Crippen molar-refractivity contribution in [3.8, 4) is 11.6 Å². The molecule has 1 aliphatic heterocycles. The van der Waals surface area contributed by atoms with E-state index < -0.39 is 10.2 Å². The molecule has 28 heavy (non-hydrogen) atoms. The summed E-state index contributed by atoms with van der Waals surface area (Å²) in [4.78, 5) is 4.32. The molecule has 1 aromatic carbocycles. The van der Waals surface area contributed by atoms with Gasteiger partial charge in [0.15, 0.2) is 5.69 Å². The van der Waals surface area contributed by atoms with Crippen LogP contribution in [0.15, 0.2) is 40.9 Å². The molecule has 0 spiro atoms. The summed E-state index contributed by atoms with van der Waals surface area (Å²) < 4.78 is 35.6. The fourth-order valence-electron chi connectivity index (χ4n) is 3.42. The van der Waals surface area contributed by atoms with Crippen LogP contribution in [-0.2, 0) is 29.7 Å². The van der Waals surface area contributed by atoms with E-state index in [-0.39, 0.29) is 6.54 Å². The van der Waals surface area contributed by atoms with Crippen LogP contribution in [0, 0.1) is 6.92 Å². The summed E-state index contributed by atoms with van der Waals surface area (Å²) in [7, 11) is -0.420. The average molecular weight is 401 g/mol. The lowest BCUT2D eigenvalue weighted by molar-refractivity contribution is 0.354. The highest BCUT2D eigenvalue weighted by molar-refractivity contribution is 7.86. The predicted molar refractivity (Wildman–Crippen MR) is 105 cm³/mol. The maximum atomic E-state index is 12.6. The van der Waals surface area contributed by atoms with Gasteiger partial charge in [-0.15, -0.1) is 0 Å². The Bertz CT molecular complexity index is 1090. The van der Waals surface area contributed by atoms with Crippen molar-refractivity contribution in [3.05, 3.63) is 59.1 Å². The minimum atomic E-state index is -3.51. The SMILES string of the molecule is Cc1cnc(-c2nn(Cc3ccccc3)c3c2CN(S(=O)(=O)N(C)C)CC3)o1. The second kappa shape index (κ2) is 7.16. The number of benzene rings is 1. The van der Waals surface area contributed by atoms with E-state index in [4.69, 9.17) is 9.52 Å². The zero-order valence-electron chi connectivity index (χ0n) is 16.2. The average Bonchev–Trinajstić information content (AvgIpc) is 3.26. The van der Waals surface area contributed by atoms with E-state index in [2.05, 4.69) is 17.1 Å². The molecule has 148 valence electrons. The van der Waals surface area contributed by atoms with E-state index in [9.17, 15) is 8.42 Å². The summed E-state index contributed by atoms with van der Waals surface area (Å²) >= 11 is 0. The third-order valence-corrected chi connectivity index (χ3v) is 6.77. The molecular weight excluding hydrogens is 378 g/mol. The Balaban J connectivity index is 1.77. The standard InChI is InChI=1S/C19H23N5O3S/c1-14-11-20-19(27-14)18-16-13-23(28(25,26)22(2)3)10-9-17(16)24(21-18)12-15-7-5-4-6-8-15/h4-8,11H,9-10,12-13H2,1-3H3. The number of nitrogens with zero attached hydrogens (tertiary/aromatic N) is 5. The van der Waals surface area contributed by atoms with Gasteiger partial charge in [0.05, 0.1) is 12.7 Å². The molecule has 0 bridgehead atoms. The number of rotatable bonds is 5. The van der Waals surface area contributed by atoms with Crippen molar-refractivity contribution in [2.24, 2.45) is 0 Å². The maximum Gasteiger partial charge on any atom is 0.281 e. The molecule has 0 saturated carbocycles. The summed E-state index contributed by atoms with van der Waals surface area (Å²) in [5.74, 6) is 1.11. The third kappa shape index (κ3) is 3.36. The normalized spacial score (nSPS) is 15.1. The Hall–Kier alpha value is -2.49. The first-order chi connectivity index (χ1) is 13.4. The van der Waals surface area contributed by atoms with Gasteiger partial charge in [0.1, 0.15) is 5.76 Å². The van der Waals surface area contributed by atoms with E-state index in [0.29, 0.717) is 36.9 Å². The van der Waals surface area contributed by atoms with E-state index in [0.717, 1.165) is 16.8 Å². The van der Waals surface area contributed by atoms with Crippen LogP contribution in [0.1, 0.15) is 22.6 Å². The van der Waals surface area contributed by atoms with Gasteiger partial charge in [-0.1, -0.05) is 30.3 Å². The summed E-state index contributed by atoms with van der Waals surface area (Å²) in [6.45, 7) is 3.11. The fourth-order valence-corrected chi connectivity index (χ4v) is 4.49. The first kappa shape index (κ1) is 18.9. The Morgan fingerprint density at radius 2 is 1.96 bits per heavy atom. The lowest BCUT2D eigenvalue weighted by atomic mass is 10.1. The molecule has 0 atom stereocenters. The number of aromatic nitrogens is 3. The monoisotopic (exact) mass is 401 g/mol. The number of hydrogen-bond donors (Lipinski definition) is 0. The first-order valence-electron chi connectivity index (χ1n) is 9.09. The van der Waals surface area contributed by atoms with E-state index in [1.54, 1.807) is 20.3 Å². The smallest absolute Gasteiger partial charge is 0.281 e. The van der Waals surface area contributed by atoms with Gasteiger partial charge in [0.2, 0.25) is 5.89 Å². The van der Waals surface area contributed by atoms with Crippen molar-refractivity contribution < 1.29 is 12.8 Å². The Kier molecular flexibility index (Phi) is 4.82. The van der Waals surface area contributed by atoms with Crippen LogP contribution in [0.5, 0.6) is 0 Å². The molecule has 0 unspecified atom stereocenters. The summed E-state index contributed by atoms with van der Waals surface area (Å²) in [6, 6.07) is 10.1. The van der Waals surface area contributed by atoms with Gasteiger partial charge in [-0.3, -0.25) is 4.68 Å². The number of fused-ring (bicyclic) bond motifs is 1. The molecule has 2 aromatic heterocycles. The highest BCUT2D eigenvalue weighted by Crippen LogP contribution is 2.31. The quantitative estimate of drug-likeness (QED) is 0.653. The Morgan fingerprint density at radius 1 is 1.21 bits per heavy atom. The van der Waals surface area contributed by atoms with Crippen molar-refractivity contribution >= 4 is 10.2 Å². The number of oxazole rings is 1.